The van der Waals surface area contributed by atoms with E-state index in [2.05, 4.69) is 10.0 Å². The first-order chi connectivity index (χ1) is 17.4. The van der Waals surface area contributed by atoms with Crippen molar-refractivity contribution in [2.75, 3.05) is 19.8 Å². The van der Waals surface area contributed by atoms with Crippen LogP contribution in [-0.4, -0.2) is 58.3 Å². The van der Waals surface area contributed by atoms with Gasteiger partial charge >= 0.3 is 5.69 Å². The number of benzene rings is 1. The first-order valence-corrected chi connectivity index (χ1v) is 11.7. The number of rotatable bonds is 10. The Labute approximate surface area is 205 Å². The minimum Gasteiger partial charge on any atom is -0.364 e. The highest BCUT2D eigenvalue weighted by Crippen LogP contribution is 2.49. The maximum atomic E-state index is 16.2. The fraction of sp³-hybridized carbons (Fsp3) is 0.565. The highest BCUT2D eigenvalue weighted by molar-refractivity contribution is 5.14. The smallest absolute Gasteiger partial charge is 0.330 e. The molecular weight excluding hydrogens is 477 g/mol. The van der Waals surface area contributed by atoms with Gasteiger partial charge in [-0.25, -0.2) is 9.18 Å². The summed E-state index contributed by atoms with van der Waals surface area (Å²) < 4.78 is 40.5. The van der Waals surface area contributed by atoms with Crippen LogP contribution in [0.3, 0.4) is 0 Å². The van der Waals surface area contributed by atoms with Crippen LogP contribution < -0.4 is 11.2 Å². The van der Waals surface area contributed by atoms with Gasteiger partial charge in [-0.2, -0.15) is 0 Å². The van der Waals surface area contributed by atoms with E-state index in [1.165, 1.54) is 0 Å². The number of halogens is 1. The fourth-order valence-corrected chi connectivity index (χ4v) is 4.48. The van der Waals surface area contributed by atoms with Gasteiger partial charge in [0.15, 0.2) is 12.4 Å². The first kappa shape index (κ1) is 26.0. The van der Waals surface area contributed by atoms with Gasteiger partial charge in [-0.1, -0.05) is 35.4 Å². The number of aromatic amines is 1. The Bertz CT molecular complexity index is 1180. The molecule has 2 N–H and O–H groups in total. The van der Waals surface area contributed by atoms with Crippen LogP contribution in [0.2, 0.25) is 0 Å². The van der Waals surface area contributed by atoms with Gasteiger partial charge in [0, 0.05) is 30.3 Å². The normalized spacial score (nSPS) is 30.1. The Hall–Kier alpha value is -3.06. The lowest BCUT2D eigenvalue weighted by Gasteiger charge is -2.36. The number of nitrogens with zero attached hydrogens (tertiary/aromatic N) is 4. The van der Waals surface area contributed by atoms with E-state index in [0.29, 0.717) is 18.6 Å². The standard InChI is InChI=1S/C23H28FN5O7/c24-23(32)19(34-14-16-6-2-1-3-7-16)22(10-11-26-28-25,15-35-18-8-4-5-13-33-18)36-20(23)29-12-9-17(30)27-21(29)31/h1-3,6-7,9,12,18-20,32H,4-5,8,10-11,13-15H2,(H,27,30,31)/t18?,19-,20-,22-,23-/m1/s1. The molecule has 36 heavy (non-hydrogen) atoms. The van der Waals surface area contributed by atoms with E-state index in [1.807, 2.05) is 11.1 Å². The molecule has 2 aliphatic rings. The van der Waals surface area contributed by atoms with Crippen LogP contribution >= 0.6 is 0 Å². The average Bonchev–Trinajstić information content (AvgIpc) is 3.09. The molecule has 2 aromatic rings. The molecule has 0 radical (unpaired) electrons. The summed E-state index contributed by atoms with van der Waals surface area (Å²) in [6, 6.07) is 9.93. The van der Waals surface area contributed by atoms with Crippen LogP contribution in [0.25, 0.3) is 10.4 Å². The van der Waals surface area contributed by atoms with Gasteiger partial charge in [-0.3, -0.25) is 14.3 Å². The van der Waals surface area contributed by atoms with Crippen LogP contribution in [0.5, 0.6) is 0 Å². The molecule has 0 spiro atoms. The third-order valence-electron chi connectivity index (χ3n) is 6.25. The highest BCUT2D eigenvalue weighted by Gasteiger charge is 2.66. The molecule has 0 saturated carbocycles. The summed E-state index contributed by atoms with van der Waals surface area (Å²) in [5, 5.41) is 14.7. The molecule has 2 fully saturated rings. The largest absolute Gasteiger partial charge is 0.364 e. The number of alkyl halides is 1. The molecule has 4 rings (SSSR count). The Kier molecular flexibility index (Phi) is 8.19. The van der Waals surface area contributed by atoms with Crippen molar-refractivity contribution in [2.24, 2.45) is 5.11 Å². The van der Waals surface area contributed by atoms with Gasteiger partial charge < -0.3 is 24.1 Å². The molecule has 194 valence electrons. The topological polar surface area (TPSA) is 161 Å². The zero-order valence-electron chi connectivity index (χ0n) is 19.5. The number of aliphatic hydroxyl groups is 1. The summed E-state index contributed by atoms with van der Waals surface area (Å²) in [7, 11) is 0. The molecule has 0 aliphatic carbocycles. The van der Waals surface area contributed by atoms with Crippen molar-refractivity contribution in [1.29, 1.82) is 0 Å². The summed E-state index contributed by atoms with van der Waals surface area (Å²) >= 11 is 0. The van der Waals surface area contributed by atoms with Gasteiger partial charge in [0.25, 0.3) is 11.4 Å². The maximum Gasteiger partial charge on any atom is 0.330 e. The minimum atomic E-state index is -3.23. The van der Waals surface area contributed by atoms with Crippen molar-refractivity contribution in [3.8, 4) is 0 Å². The van der Waals surface area contributed by atoms with Crippen molar-refractivity contribution in [1.82, 2.24) is 9.55 Å². The highest BCUT2D eigenvalue weighted by atomic mass is 19.2. The molecule has 0 amide bonds. The quantitative estimate of drug-likeness (QED) is 0.284. The molecule has 1 aromatic carbocycles. The van der Waals surface area contributed by atoms with E-state index in [0.717, 1.165) is 29.7 Å². The molecule has 1 aromatic heterocycles. The third kappa shape index (κ3) is 5.67. The van der Waals surface area contributed by atoms with E-state index >= 15 is 4.39 Å². The molecule has 0 bridgehead atoms. The predicted octanol–water partition coefficient (Wildman–Crippen LogP) is 2.29. The zero-order valence-corrected chi connectivity index (χ0v) is 19.5. The van der Waals surface area contributed by atoms with Crippen LogP contribution in [0.4, 0.5) is 4.39 Å². The third-order valence-corrected chi connectivity index (χ3v) is 6.25. The average molecular weight is 506 g/mol. The van der Waals surface area contributed by atoms with Crippen molar-refractivity contribution in [3.63, 3.8) is 0 Å². The van der Waals surface area contributed by atoms with E-state index in [9.17, 15) is 14.7 Å². The number of H-pyrrole nitrogens is 1. The lowest BCUT2D eigenvalue weighted by molar-refractivity contribution is -0.223. The summed E-state index contributed by atoms with van der Waals surface area (Å²) in [6.45, 7) is 0.0178. The van der Waals surface area contributed by atoms with Crippen molar-refractivity contribution >= 4 is 0 Å². The molecule has 1 unspecified atom stereocenters. The summed E-state index contributed by atoms with van der Waals surface area (Å²) in [5.41, 5.74) is 6.16. The molecule has 5 atom stereocenters. The monoisotopic (exact) mass is 505 g/mol. The Morgan fingerprint density at radius 2 is 2.06 bits per heavy atom. The van der Waals surface area contributed by atoms with Crippen LogP contribution in [0.15, 0.2) is 57.3 Å². The number of azide groups is 1. The van der Waals surface area contributed by atoms with E-state index < -0.39 is 41.3 Å². The number of hydrogen-bond acceptors (Lipinski definition) is 8. The van der Waals surface area contributed by atoms with Gasteiger partial charge in [0.2, 0.25) is 6.23 Å². The summed E-state index contributed by atoms with van der Waals surface area (Å²) in [4.78, 5) is 28.8. The van der Waals surface area contributed by atoms with Crippen LogP contribution in [0, 0.1) is 0 Å². The lowest BCUT2D eigenvalue weighted by Crippen LogP contribution is -2.53. The molecule has 2 aliphatic heterocycles. The SMILES string of the molecule is [N-]=[N+]=NCC[C@]1(COC2CCCCO2)O[C@@H](n2ccc(=O)[nH]c2=O)[C@@](O)(F)[C@@H]1OCc1ccccc1. The Morgan fingerprint density at radius 3 is 2.75 bits per heavy atom. The molecule has 2 saturated heterocycles. The summed E-state index contributed by atoms with van der Waals surface area (Å²) in [5.74, 6) is -3.23. The second kappa shape index (κ2) is 11.3. The number of aromatic nitrogens is 2. The summed E-state index contributed by atoms with van der Waals surface area (Å²) in [6.07, 6.45) is -0.795. The second-order valence-corrected chi connectivity index (χ2v) is 8.77. The number of nitrogens with one attached hydrogen (secondary N) is 1. The Balaban J connectivity index is 1.70. The van der Waals surface area contributed by atoms with E-state index in [4.69, 9.17) is 24.5 Å². The molecule has 13 heteroatoms. The van der Waals surface area contributed by atoms with Crippen molar-refractivity contribution in [3.05, 3.63) is 79.4 Å². The minimum absolute atomic E-state index is 0.0858. The van der Waals surface area contributed by atoms with Crippen LogP contribution in [-0.2, 0) is 25.6 Å². The van der Waals surface area contributed by atoms with Gasteiger partial charge in [0.05, 0.1) is 13.2 Å². The Morgan fingerprint density at radius 1 is 1.25 bits per heavy atom. The lowest BCUT2D eigenvalue weighted by atomic mass is 9.90. The molecular formula is C23H28FN5O7. The second-order valence-electron chi connectivity index (χ2n) is 8.77. The zero-order chi connectivity index (χ0) is 25.6. The van der Waals surface area contributed by atoms with E-state index in [-0.39, 0.29) is 26.2 Å². The predicted molar refractivity (Wildman–Crippen MR) is 123 cm³/mol. The number of hydrogen-bond donors (Lipinski definition) is 2. The molecule has 12 nitrogen and oxygen atoms in total. The van der Waals surface area contributed by atoms with Crippen molar-refractivity contribution < 1.29 is 28.4 Å². The van der Waals surface area contributed by atoms with E-state index in [1.54, 1.807) is 24.3 Å². The van der Waals surface area contributed by atoms with Gasteiger partial charge in [-0.05, 0) is 36.8 Å². The van der Waals surface area contributed by atoms with Crippen molar-refractivity contribution in [2.45, 2.75) is 62.4 Å². The molecule has 3 heterocycles. The number of ether oxygens (including phenoxy) is 4. The first-order valence-electron chi connectivity index (χ1n) is 11.7. The van der Waals surface area contributed by atoms with Gasteiger partial charge in [-0.15, -0.1) is 0 Å². The fourth-order valence-electron chi connectivity index (χ4n) is 4.48. The van der Waals surface area contributed by atoms with Crippen LogP contribution in [0.1, 0.15) is 37.5 Å². The van der Waals surface area contributed by atoms with Gasteiger partial charge in [0.1, 0.15) is 5.60 Å². The maximum absolute atomic E-state index is 16.2.